The fourth-order valence-electron chi connectivity index (χ4n) is 2.08. The van der Waals surface area contributed by atoms with Crippen LogP contribution in [0.25, 0.3) is 0 Å². The first-order valence-corrected chi connectivity index (χ1v) is 9.47. The zero-order valence-electron chi connectivity index (χ0n) is 14.0. The Balaban J connectivity index is 3.32. The zero-order chi connectivity index (χ0) is 17.8. The number of halogens is 1. The number of carbonyl (C=O) groups excluding carboxylic acids is 1. The van der Waals surface area contributed by atoms with Crippen molar-refractivity contribution in [3.63, 3.8) is 0 Å². The summed E-state index contributed by atoms with van der Waals surface area (Å²) in [7, 11) is -2.29. The molecule has 0 saturated carbocycles. The van der Waals surface area contributed by atoms with Crippen LogP contribution in [-0.2, 0) is 14.8 Å². The van der Waals surface area contributed by atoms with Gasteiger partial charge in [-0.3, -0.25) is 9.10 Å². The molecule has 8 heteroatoms. The molecular weight excluding hydrogens is 340 g/mol. The van der Waals surface area contributed by atoms with Crippen molar-refractivity contribution in [2.75, 3.05) is 17.7 Å². The van der Waals surface area contributed by atoms with Gasteiger partial charge in [-0.15, -0.1) is 0 Å². The van der Waals surface area contributed by atoms with Gasteiger partial charge in [0.15, 0.2) is 0 Å². The van der Waals surface area contributed by atoms with Crippen molar-refractivity contribution in [1.82, 2.24) is 5.32 Å². The Kier molecular flexibility index (Phi) is 6.70. The van der Waals surface area contributed by atoms with Gasteiger partial charge >= 0.3 is 0 Å². The third-order valence-electron chi connectivity index (χ3n) is 3.47. The largest absolute Gasteiger partial charge is 0.495 e. The molecule has 130 valence electrons. The van der Waals surface area contributed by atoms with Gasteiger partial charge < -0.3 is 10.1 Å². The number of ether oxygens (including phenoxy) is 1. The van der Waals surface area contributed by atoms with E-state index in [1.54, 1.807) is 12.1 Å². The number of sulfonamides is 1. The molecule has 0 aliphatic heterocycles. The fourth-order valence-corrected chi connectivity index (χ4v) is 3.42. The number of nitrogens with one attached hydrogen (secondary N) is 1. The Hall–Kier alpha value is -1.47. The summed E-state index contributed by atoms with van der Waals surface area (Å²) in [6.45, 7) is 5.32. The molecule has 0 radical (unpaired) electrons. The molecule has 0 heterocycles. The van der Waals surface area contributed by atoms with Crippen LogP contribution in [0.5, 0.6) is 5.75 Å². The normalized spacial score (nSPS) is 14.0. The lowest BCUT2D eigenvalue weighted by Crippen LogP contribution is -2.49. The second-order valence-electron chi connectivity index (χ2n) is 5.37. The quantitative estimate of drug-likeness (QED) is 0.808. The molecule has 1 N–H and O–H groups in total. The topological polar surface area (TPSA) is 75.7 Å². The Morgan fingerprint density at radius 3 is 2.48 bits per heavy atom. The predicted molar refractivity (Wildman–Crippen MR) is 92.7 cm³/mol. The molecule has 1 aromatic rings. The predicted octanol–water partition coefficient (Wildman–Crippen LogP) is 2.42. The third kappa shape index (κ3) is 5.00. The number of carbonyl (C=O) groups is 1. The fraction of sp³-hybridized carbons (Fsp3) is 0.533. The first-order chi connectivity index (χ1) is 10.6. The van der Waals surface area contributed by atoms with Gasteiger partial charge in [0.1, 0.15) is 11.8 Å². The van der Waals surface area contributed by atoms with E-state index in [2.05, 4.69) is 5.32 Å². The van der Waals surface area contributed by atoms with E-state index in [0.29, 0.717) is 10.8 Å². The van der Waals surface area contributed by atoms with Crippen LogP contribution in [0.1, 0.15) is 27.2 Å². The molecule has 0 unspecified atom stereocenters. The molecular formula is C15H23ClN2O4S. The van der Waals surface area contributed by atoms with Crippen molar-refractivity contribution in [3.8, 4) is 5.75 Å². The van der Waals surface area contributed by atoms with Crippen LogP contribution in [0, 0.1) is 0 Å². The lowest BCUT2D eigenvalue weighted by atomic mass is 10.2. The van der Waals surface area contributed by atoms with E-state index in [0.717, 1.165) is 17.0 Å². The monoisotopic (exact) mass is 362 g/mol. The SMILES string of the molecule is CC[C@H](C)NC(=O)[C@H](C)N(c1cc(Cl)ccc1OC)S(C)(=O)=O. The van der Waals surface area contributed by atoms with E-state index in [4.69, 9.17) is 16.3 Å². The lowest BCUT2D eigenvalue weighted by Gasteiger charge is -2.30. The number of amides is 1. The molecule has 0 spiro atoms. The van der Waals surface area contributed by atoms with Crippen LogP contribution in [0.2, 0.25) is 5.02 Å². The molecule has 0 bridgehead atoms. The number of hydrogen-bond donors (Lipinski definition) is 1. The van der Waals surface area contributed by atoms with E-state index >= 15 is 0 Å². The van der Waals surface area contributed by atoms with Gasteiger partial charge in [0.25, 0.3) is 0 Å². The number of nitrogens with zero attached hydrogens (tertiary/aromatic N) is 1. The van der Waals surface area contributed by atoms with Gasteiger partial charge in [-0.2, -0.15) is 0 Å². The third-order valence-corrected chi connectivity index (χ3v) is 4.93. The highest BCUT2D eigenvalue weighted by atomic mass is 35.5. The van der Waals surface area contributed by atoms with Crippen molar-refractivity contribution < 1.29 is 17.9 Å². The van der Waals surface area contributed by atoms with E-state index in [9.17, 15) is 13.2 Å². The second kappa shape index (κ2) is 7.88. The molecule has 1 aromatic carbocycles. The van der Waals surface area contributed by atoms with Crippen LogP contribution in [0.3, 0.4) is 0 Å². The second-order valence-corrected chi connectivity index (χ2v) is 7.66. The minimum atomic E-state index is -3.72. The smallest absolute Gasteiger partial charge is 0.243 e. The molecule has 23 heavy (non-hydrogen) atoms. The van der Waals surface area contributed by atoms with E-state index in [1.165, 1.54) is 20.1 Å². The minimum Gasteiger partial charge on any atom is -0.495 e. The summed E-state index contributed by atoms with van der Waals surface area (Å²) >= 11 is 5.98. The number of methoxy groups -OCH3 is 1. The average Bonchev–Trinajstić information content (AvgIpc) is 2.45. The van der Waals surface area contributed by atoms with Crippen LogP contribution >= 0.6 is 11.6 Å². The highest BCUT2D eigenvalue weighted by Crippen LogP contribution is 2.34. The summed E-state index contributed by atoms with van der Waals surface area (Å²) in [6, 6.07) is 3.64. The maximum Gasteiger partial charge on any atom is 0.243 e. The summed E-state index contributed by atoms with van der Waals surface area (Å²) in [5.41, 5.74) is 0.231. The van der Waals surface area contributed by atoms with Crippen molar-refractivity contribution in [1.29, 1.82) is 0 Å². The minimum absolute atomic E-state index is 0.0485. The highest BCUT2D eigenvalue weighted by Gasteiger charge is 2.31. The average molecular weight is 363 g/mol. The first kappa shape index (κ1) is 19.6. The highest BCUT2D eigenvalue weighted by molar-refractivity contribution is 7.92. The van der Waals surface area contributed by atoms with Crippen molar-refractivity contribution >= 4 is 33.2 Å². The molecule has 0 aliphatic rings. The van der Waals surface area contributed by atoms with Gasteiger partial charge in [-0.25, -0.2) is 8.42 Å². The maximum atomic E-state index is 12.4. The Morgan fingerprint density at radius 2 is 2.00 bits per heavy atom. The molecule has 6 nitrogen and oxygen atoms in total. The van der Waals surface area contributed by atoms with E-state index < -0.39 is 16.1 Å². The van der Waals surface area contributed by atoms with Crippen molar-refractivity contribution in [2.24, 2.45) is 0 Å². The standard InChI is InChI=1S/C15H23ClN2O4S/c1-6-10(2)17-15(19)11(3)18(23(5,20)21)13-9-12(16)7-8-14(13)22-4/h7-11H,6H2,1-5H3,(H,17,19)/t10-,11-/m0/s1. The molecule has 0 saturated heterocycles. The molecule has 0 aromatic heterocycles. The van der Waals surface area contributed by atoms with Gasteiger partial charge in [0.05, 0.1) is 19.1 Å². The van der Waals surface area contributed by atoms with Crippen molar-refractivity contribution in [2.45, 2.75) is 39.3 Å². The van der Waals surface area contributed by atoms with Crippen molar-refractivity contribution in [3.05, 3.63) is 23.2 Å². The lowest BCUT2D eigenvalue weighted by molar-refractivity contribution is -0.122. The Bertz CT molecular complexity index is 663. The van der Waals surface area contributed by atoms with Gasteiger partial charge in [0.2, 0.25) is 15.9 Å². The first-order valence-electron chi connectivity index (χ1n) is 7.25. The maximum absolute atomic E-state index is 12.4. The summed E-state index contributed by atoms with van der Waals surface area (Å²) in [4.78, 5) is 12.4. The van der Waals surface area contributed by atoms with Crippen LogP contribution in [0.4, 0.5) is 5.69 Å². The molecule has 2 atom stereocenters. The summed E-state index contributed by atoms with van der Waals surface area (Å²) in [6.07, 6.45) is 1.79. The Morgan fingerprint density at radius 1 is 1.39 bits per heavy atom. The molecule has 1 amide bonds. The number of anilines is 1. The number of hydrogen-bond acceptors (Lipinski definition) is 4. The Labute approximate surface area is 142 Å². The van der Waals surface area contributed by atoms with Crippen LogP contribution in [-0.4, -0.2) is 39.8 Å². The molecule has 0 fully saturated rings. The molecule has 1 rings (SSSR count). The van der Waals surface area contributed by atoms with Gasteiger partial charge in [-0.05, 0) is 38.5 Å². The number of benzene rings is 1. The van der Waals surface area contributed by atoms with Gasteiger partial charge in [-0.1, -0.05) is 18.5 Å². The van der Waals surface area contributed by atoms with Crippen LogP contribution < -0.4 is 14.4 Å². The summed E-state index contributed by atoms with van der Waals surface area (Å²) in [5.74, 6) is -0.0604. The van der Waals surface area contributed by atoms with E-state index in [-0.39, 0.29) is 17.6 Å². The van der Waals surface area contributed by atoms with Crippen LogP contribution in [0.15, 0.2) is 18.2 Å². The summed E-state index contributed by atoms with van der Waals surface area (Å²) in [5, 5.41) is 3.14. The van der Waals surface area contributed by atoms with Gasteiger partial charge in [0, 0.05) is 11.1 Å². The zero-order valence-corrected chi connectivity index (χ0v) is 15.5. The number of rotatable bonds is 7. The molecule has 0 aliphatic carbocycles. The van der Waals surface area contributed by atoms with E-state index in [1.807, 2.05) is 13.8 Å². The summed E-state index contributed by atoms with van der Waals surface area (Å²) < 4.78 is 30.8.